The molecule has 4 heterocycles. The van der Waals surface area contributed by atoms with E-state index in [1.807, 2.05) is 121 Å². The number of hydrogen-bond donors (Lipinski definition) is 0. The molecule has 9 heteroatoms. The van der Waals surface area contributed by atoms with Crippen molar-refractivity contribution in [3.8, 4) is 50.9 Å². The van der Waals surface area contributed by atoms with Gasteiger partial charge in [0.15, 0.2) is 0 Å². The Labute approximate surface area is 489 Å². The first-order chi connectivity index (χ1) is 42.5. The first-order valence-electron chi connectivity index (χ1n) is 30.7. The molecule has 0 saturated carbocycles. The standard InChI is InChI=1S/C70H51BN6O.Pt/c1-70(2,3)51-41-42-72-68(43-51)75-62-34-17-16-31-60(62)61-40-39-56(47-67(61)75)78-57-45-52(71-76(53-27-12-6-13-28-53)65-37-20-21-38-66(65)77(71)54-29-14-7-15-30-54)44-55(46-57)73-48-74(64-36-19-18-35-63(64)73)69-58(49-23-8-4-9-24-49)32-22-33-59(69)50-25-10-5-11-26-50;/h4-45H,1-3H3;/q-2;/i4D,5D,8D,9D,10D,11D,23D,24D,25D,26D;. The molecule has 1 aliphatic heterocycles. The van der Waals surface area contributed by atoms with Crippen molar-refractivity contribution in [3.63, 3.8) is 0 Å². The number of ether oxygens (including phenoxy) is 1. The Hall–Kier alpha value is -9.23. The smallest absolute Gasteiger partial charge is 0.394 e. The number of anilines is 4. The summed E-state index contributed by atoms with van der Waals surface area (Å²) in [7, 11) is 0. The van der Waals surface area contributed by atoms with Crippen LogP contribution in [0.2, 0.25) is 0 Å². The van der Waals surface area contributed by atoms with Crippen LogP contribution in [-0.2, 0) is 26.5 Å². The molecule has 13 aromatic rings. The Kier molecular flexibility index (Phi) is 10.1. The molecular weight excluding hydrogens is 1150 g/mol. The first-order valence-corrected chi connectivity index (χ1v) is 25.7. The SMILES string of the molecule is [2H]c1c([2H])c([2H])c(-c2cccc(-c3c([2H])c([2H])c([2H])c([2H])c3[2H])c2-[n+]2[c-]n(-c3[c-]c(Oc4[c-]c5c(cc4)c4ccccc4n5-c4cc(C(C)(C)C)ccn4)cc(B4N(c5ccccc5)c5ccccc5N4c4ccccc4)c3)c3ccccc32)c([2H])c1[2H].[Pt]. The maximum atomic E-state index is 9.29. The van der Waals surface area contributed by atoms with E-state index >= 15 is 0 Å². The molecule has 0 aliphatic carbocycles. The molecule has 0 amide bonds. The number of aromatic nitrogens is 4. The average Bonchev–Trinajstić information content (AvgIpc) is 1.89. The third-order valence-electron chi connectivity index (χ3n) is 14.3. The molecule has 14 rings (SSSR count). The Morgan fingerprint density at radius 3 is 1.80 bits per heavy atom. The summed E-state index contributed by atoms with van der Waals surface area (Å²) in [5.74, 6) is 1.44. The van der Waals surface area contributed by atoms with Crippen molar-refractivity contribution in [1.29, 1.82) is 0 Å². The van der Waals surface area contributed by atoms with Gasteiger partial charge in [-0.15, -0.1) is 35.1 Å². The van der Waals surface area contributed by atoms with Crippen LogP contribution in [0.5, 0.6) is 11.5 Å². The van der Waals surface area contributed by atoms with Crippen molar-refractivity contribution in [2.75, 3.05) is 9.62 Å². The summed E-state index contributed by atoms with van der Waals surface area (Å²) in [6.45, 7) is 5.96. The van der Waals surface area contributed by atoms with Gasteiger partial charge in [-0.05, 0) is 98.9 Å². The molecule has 0 N–H and O–H groups in total. The van der Waals surface area contributed by atoms with Crippen molar-refractivity contribution >= 4 is 68.0 Å². The zero-order chi connectivity index (χ0) is 61.0. The van der Waals surface area contributed by atoms with Gasteiger partial charge in [0.2, 0.25) is 0 Å². The van der Waals surface area contributed by atoms with Crippen LogP contribution in [0.25, 0.3) is 72.3 Å². The van der Waals surface area contributed by atoms with Gasteiger partial charge in [-0.1, -0.05) is 196 Å². The predicted octanol–water partition coefficient (Wildman–Crippen LogP) is 15.9. The largest absolute Gasteiger partial charge is 0.510 e. The van der Waals surface area contributed by atoms with Gasteiger partial charge in [-0.2, -0.15) is 12.1 Å². The molecule has 79 heavy (non-hydrogen) atoms. The summed E-state index contributed by atoms with van der Waals surface area (Å²) in [5.41, 5.74) is 8.77. The van der Waals surface area contributed by atoms with Gasteiger partial charge in [0.05, 0.1) is 41.8 Å². The van der Waals surface area contributed by atoms with Gasteiger partial charge < -0.3 is 23.5 Å². The van der Waals surface area contributed by atoms with Crippen molar-refractivity contribution in [2.24, 2.45) is 0 Å². The van der Waals surface area contributed by atoms with Crippen molar-refractivity contribution in [1.82, 2.24) is 14.1 Å². The topological polar surface area (TPSA) is 42.3 Å². The first kappa shape index (κ1) is 39.2. The molecule has 1 aliphatic rings. The van der Waals surface area contributed by atoms with Gasteiger partial charge in [0, 0.05) is 55.7 Å². The van der Waals surface area contributed by atoms with Crippen LogP contribution in [-0.4, -0.2) is 21.1 Å². The van der Waals surface area contributed by atoms with Crippen LogP contribution in [0, 0.1) is 18.5 Å². The van der Waals surface area contributed by atoms with E-state index in [1.165, 1.54) is 0 Å². The van der Waals surface area contributed by atoms with Crippen LogP contribution in [0.1, 0.15) is 40.0 Å². The quantitative estimate of drug-likeness (QED) is 0.0777. The van der Waals surface area contributed by atoms with E-state index in [1.54, 1.807) is 27.3 Å². The second kappa shape index (κ2) is 20.3. The Balaban J connectivity index is 0.00000729. The maximum absolute atomic E-state index is 9.29. The van der Waals surface area contributed by atoms with Crippen LogP contribution in [0.4, 0.5) is 22.7 Å². The molecule has 0 radical (unpaired) electrons. The van der Waals surface area contributed by atoms with E-state index in [4.69, 9.17) is 17.9 Å². The van der Waals surface area contributed by atoms with E-state index in [0.29, 0.717) is 28.2 Å². The number of nitrogens with zero attached hydrogens (tertiary/aromatic N) is 6. The van der Waals surface area contributed by atoms with Gasteiger partial charge in [0.1, 0.15) is 5.82 Å². The van der Waals surface area contributed by atoms with E-state index in [-0.39, 0.29) is 54.4 Å². The van der Waals surface area contributed by atoms with Crippen molar-refractivity contribution in [3.05, 3.63) is 279 Å². The van der Waals surface area contributed by atoms with Gasteiger partial charge in [-0.3, -0.25) is 4.57 Å². The fraction of sp³-hybridized carbons (Fsp3) is 0.0571. The minimum atomic E-state index is -0.587. The number of pyridine rings is 1. The second-order valence-corrected chi connectivity index (χ2v) is 20.1. The molecule has 3 aromatic heterocycles. The van der Waals surface area contributed by atoms with E-state index in [2.05, 4.69) is 108 Å². The number of rotatable bonds is 10. The summed E-state index contributed by atoms with van der Waals surface area (Å²) in [6.07, 6.45) is 5.43. The summed E-state index contributed by atoms with van der Waals surface area (Å²) >= 11 is 0. The van der Waals surface area contributed by atoms with E-state index in [9.17, 15) is 5.48 Å². The van der Waals surface area contributed by atoms with E-state index < -0.39 is 67.4 Å². The van der Waals surface area contributed by atoms with Crippen LogP contribution >= 0.6 is 0 Å². The molecule has 382 valence electrons. The molecule has 0 unspecified atom stereocenters. The second-order valence-electron chi connectivity index (χ2n) is 20.1. The number of benzene rings is 10. The third kappa shape index (κ3) is 8.79. The van der Waals surface area contributed by atoms with Crippen molar-refractivity contribution < 1.29 is 44.1 Å². The van der Waals surface area contributed by atoms with Gasteiger partial charge in [0.25, 0.3) is 6.33 Å². The molecule has 10 aromatic carbocycles. The number of imidazole rings is 1. The van der Waals surface area contributed by atoms with Crippen LogP contribution in [0.3, 0.4) is 0 Å². The maximum Gasteiger partial charge on any atom is 0.394 e. The Morgan fingerprint density at radius 1 is 0.557 bits per heavy atom. The molecule has 0 fully saturated rings. The minimum absolute atomic E-state index is 0. The Morgan fingerprint density at radius 2 is 1.15 bits per heavy atom. The summed E-state index contributed by atoms with van der Waals surface area (Å²) < 4.78 is 102. The monoisotopic (exact) mass is 1210 g/mol. The summed E-state index contributed by atoms with van der Waals surface area (Å²) in [4.78, 5) is 9.50. The fourth-order valence-corrected chi connectivity index (χ4v) is 10.8. The van der Waals surface area contributed by atoms with Gasteiger partial charge >= 0.3 is 6.98 Å². The zero-order valence-electron chi connectivity index (χ0n) is 53.0. The zero-order valence-corrected chi connectivity index (χ0v) is 45.2. The van der Waals surface area contributed by atoms with E-state index in [0.717, 1.165) is 61.4 Å². The third-order valence-corrected chi connectivity index (χ3v) is 14.3. The molecular formula is C70H51BN6OPt-2. The molecule has 0 atom stereocenters. The van der Waals surface area contributed by atoms with Crippen molar-refractivity contribution in [2.45, 2.75) is 26.2 Å². The number of hydrogen-bond acceptors (Lipinski definition) is 4. The predicted molar refractivity (Wildman–Crippen MR) is 319 cm³/mol. The number of fused-ring (bicyclic) bond motifs is 5. The van der Waals surface area contributed by atoms with Gasteiger partial charge in [-0.25, -0.2) is 4.98 Å². The summed E-state index contributed by atoms with van der Waals surface area (Å²) in [6, 6.07) is 63.0. The number of para-hydroxylation sites is 8. The molecule has 0 spiro atoms. The molecule has 0 saturated heterocycles. The minimum Gasteiger partial charge on any atom is -0.510 e. The van der Waals surface area contributed by atoms with Crippen LogP contribution in [0.15, 0.2) is 255 Å². The molecule has 7 nitrogen and oxygen atoms in total. The average molecular weight is 1210 g/mol. The molecule has 0 bridgehead atoms. The normalized spacial score (nSPS) is 14.1. The fourth-order valence-electron chi connectivity index (χ4n) is 10.8. The van der Waals surface area contributed by atoms with Crippen LogP contribution < -0.4 is 24.4 Å². The Bertz CT molecular complexity index is 4790. The summed E-state index contributed by atoms with van der Waals surface area (Å²) in [5, 5.41) is 1.98.